The third kappa shape index (κ3) is 4.52. The van der Waals surface area contributed by atoms with Gasteiger partial charge in [0, 0.05) is 15.7 Å². The lowest BCUT2D eigenvalue weighted by molar-refractivity contribution is -0.384. The van der Waals surface area contributed by atoms with Gasteiger partial charge in [0.2, 0.25) is 0 Å². The molecule has 27 heavy (non-hydrogen) atoms. The predicted molar refractivity (Wildman–Crippen MR) is 102 cm³/mol. The van der Waals surface area contributed by atoms with Crippen LogP contribution in [0, 0.1) is 13.7 Å². The highest BCUT2D eigenvalue weighted by Gasteiger charge is 2.24. The summed E-state index contributed by atoms with van der Waals surface area (Å²) in [5, 5.41) is 13.8. The van der Waals surface area contributed by atoms with Crippen LogP contribution in [-0.2, 0) is 6.42 Å². The Bertz CT molecular complexity index is 892. The largest absolute Gasteiger partial charge is 0.435 e. The first-order valence-electron chi connectivity index (χ1n) is 8.17. The van der Waals surface area contributed by atoms with Crippen molar-refractivity contribution in [2.75, 3.05) is 0 Å². The topological polar surface area (TPSA) is 81.5 Å². The van der Waals surface area contributed by atoms with E-state index in [-0.39, 0.29) is 23.4 Å². The van der Waals surface area contributed by atoms with Gasteiger partial charge >= 0.3 is 6.61 Å². The van der Waals surface area contributed by atoms with E-state index in [9.17, 15) is 23.7 Å². The van der Waals surface area contributed by atoms with Gasteiger partial charge in [0.1, 0.15) is 5.75 Å². The van der Waals surface area contributed by atoms with Gasteiger partial charge in [0.25, 0.3) is 11.6 Å². The highest BCUT2D eigenvalue weighted by atomic mass is 127. The number of halogens is 3. The Kier molecular flexibility index (Phi) is 5.88. The summed E-state index contributed by atoms with van der Waals surface area (Å²) in [5.41, 5.74) is 2.01. The number of nitrogens with zero attached hydrogens (tertiary/aromatic N) is 1. The summed E-state index contributed by atoms with van der Waals surface area (Å²) in [6, 6.07) is 8.54. The maximum atomic E-state index is 12.6. The van der Waals surface area contributed by atoms with Crippen LogP contribution in [0.1, 0.15) is 40.4 Å². The molecule has 0 fully saturated rings. The lowest BCUT2D eigenvalue weighted by atomic mass is 9.87. The second kappa shape index (κ2) is 8.15. The van der Waals surface area contributed by atoms with Crippen molar-refractivity contribution in [3.05, 3.63) is 66.8 Å². The molecule has 9 heteroatoms. The van der Waals surface area contributed by atoms with E-state index in [4.69, 9.17) is 0 Å². The third-order valence-corrected chi connectivity index (χ3v) is 5.26. The zero-order chi connectivity index (χ0) is 19.6. The molecule has 0 radical (unpaired) electrons. The molecule has 2 aromatic rings. The van der Waals surface area contributed by atoms with Crippen molar-refractivity contribution in [1.29, 1.82) is 0 Å². The summed E-state index contributed by atoms with van der Waals surface area (Å²) < 4.78 is 29.7. The number of alkyl halides is 2. The highest BCUT2D eigenvalue weighted by Crippen LogP contribution is 2.33. The molecule has 2 aromatic carbocycles. The van der Waals surface area contributed by atoms with Crippen molar-refractivity contribution in [2.45, 2.75) is 31.9 Å². The van der Waals surface area contributed by atoms with Gasteiger partial charge in [-0.2, -0.15) is 8.78 Å². The molecular weight excluding hydrogens is 473 g/mol. The summed E-state index contributed by atoms with van der Waals surface area (Å²) in [7, 11) is 0. The van der Waals surface area contributed by atoms with Crippen LogP contribution in [0.25, 0.3) is 0 Å². The number of fused-ring (bicyclic) bond motifs is 1. The van der Waals surface area contributed by atoms with Crippen molar-refractivity contribution in [3.63, 3.8) is 0 Å². The maximum Gasteiger partial charge on any atom is 0.387 e. The van der Waals surface area contributed by atoms with Crippen LogP contribution >= 0.6 is 22.6 Å². The first-order valence-corrected chi connectivity index (χ1v) is 9.25. The van der Waals surface area contributed by atoms with Crippen LogP contribution in [0.3, 0.4) is 0 Å². The summed E-state index contributed by atoms with van der Waals surface area (Å²) in [6.07, 6.45) is 2.24. The molecule has 1 aliphatic rings. The SMILES string of the molecule is O=C(NC1CCCc2cc(OC(F)F)ccc21)c1ccc([N+](=O)[O-])cc1I. The minimum atomic E-state index is -2.88. The average molecular weight is 488 g/mol. The Morgan fingerprint density at radius 3 is 2.74 bits per heavy atom. The number of non-ortho nitro benzene ring substituents is 1. The van der Waals surface area contributed by atoms with Gasteiger partial charge in [-0.1, -0.05) is 6.07 Å². The number of amides is 1. The fourth-order valence-corrected chi connectivity index (χ4v) is 3.90. The molecule has 0 aliphatic heterocycles. The van der Waals surface area contributed by atoms with Crippen molar-refractivity contribution in [1.82, 2.24) is 5.32 Å². The molecule has 0 saturated heterocycles. The number of nitro groups is 1. The average Bonchev–Trinajstić information content (AvgIpc) is 2.61. The van der Waals surface area contributed by atoms with E-state index in [1.54, 1.807) is 12.1 Å². The van der Waals surface area contributed by atoms with Crippen molar-refractivity contribution in [3.8, 4) is 5.75 Å². The molecule has 0 spiro atoms. The Hall–Kier alpha value is -2.30. The lowest BCUT2D eigenvalue weighted by Crippen LogP contribution is -2.31. The molecule has 1 aliphatic carbocycles. The maximum absolute atomic E-state index is 12.6. The predicted octanol–water partition coefficient (Wildman–Crippen LogP) is 4.61. The van der Waals surface area contributed by atoms with E-state index in [0.29, 0.717) is 9.13 Å². The standard InChI is InChI=1S/C18H15F2IN2O4/c19-18(20)27-12-5-7-13-10(8-12)2-1-3-16(13)22-17(24)14-6-4-11(23(25)26)9-15(14)21/h4-9,16,18H,1-3H2,(H,22,24). The summed E-state index contributed by atoms with van der Waals surface area (Å²) in [4.78, 5) is 22.9. The second-order valence-corrected chi connectivity index (χ2v) is 7.24. The van der Waals surface area contributed by atoms with Crippen molar-refractivity contribution >= 4 is 34.2 Å². The molecule has 3 rings (SSSR count). The Balaban J connectivity index is 1.79. The first kappa shape index (κ1) is 19.5. The molecule has 0 aromatic heterocycles. The number of aryl methyl sites for hydroxylation is 1. The van der Waals surface area contributed by atoms with Gasteiger partial charge in [0.15, 0.2) is 0 Å². The van der Waals surface area contributed by atoms with E-state index in [0.717, 1.165) is 30.4 Å². The smallest absolute Gasteiger partial charge is 0.387 e. The molecule has 0 heterocycles. The number of ether oxygens (including phenoxy) is 1. The molecule has 1 atom stereocenters. The van der Waals surface area contributed by atoms with Crippen LogP contribution in [0.4, 0.5) is 14.5 Å². The lowest BCUT2D eigenvalue weighted by Gasteiger charge is -2.27. The van der Waals surface area contributed by atoms with Gasteiger partial charge in [-0.25, -0.2) is 0 Å². The summed E-state index contributed by atoms with van der Waals surface area (Å²) >= 11 is 1.89. The van der Waals surface area contributed by atoms with E-state index >= 15 is 0 Å². The van der Waals surface area contributed by atoms with Gasteiger partial charge in [-0.3, -0.25) is 14.9 Å². The number of hydrogen-bond acceptors (Lipinski definition) is 4. The van der Waals surface area contributed by atoms with Gasteiger partial charge in [0.05, 0.1) is 16.5 Å². The Morgan fingerprint density at radius 2 is 2.07 bits per heavy atom. The molecule has 0 saturated carbocycles. The van der Waals surface area contributed by atoms with Crippen LogP contribution in [0.5, 0.6) is 5.75 Å². The highest BCUT2D eigenvalue weighted by molar-refractivity contribution is 14.1. The fourth-order valence-electron chi connectivity index (χ4n) is 3.15. The van der Waals surface area contributed by atoms with Crippen LogP contribution in [0.2, 0.25) is 0 Å². The molecule has 1 N–H and O–H groups in total. The summed E-state index contributed by atoms with van der Waals surface area (Å²) in [6.45, 7) is -2.88. The van der Waals surface area contributed by atoms with Gasteiger partial charge in [-0.05, 0) is 71.2 Å². The summed E-state index contributed by atoms with van der Waals surface area (Å²) in [5.74, 6) is -0.235. The fraction of sp³-hybridized carbons (Fsp3) is 0.278. The van der Waals surface area contributed by atoms with Crippen LogP contribution in [-0.4, -0.2) is 17.4 Å². The van der Waals surface area contributed by atoms with Gasteiger partial charge < -0.3 is 10.1 Å². The first-order chi connectivity index (χ1) is 12.8. The zero-order valence-electron chi connectivity index (χ0n) is 14.0. The number of rotatable bonds is 5. The van der Waals surface area contributed by atoms with E-state index < -0.39 is 11.5 Å². The van der Waals surface area contributed by atoms with E-state index in [1.807, 2.05) is 22.6 Å². The van der Waals surface area contributed by atoms with Gasteiger partial charge in [-0.15, -0.1) is 0 Å². The molecule has 142 valence electrons. The third-order valence-electron chi connectivity index (χ3n) is 4.37. The Morgan fingerprint density at radius 1 is 1.30 bits per heavy atom. The van der Waals surface area contributed by atoms with E-state index in [1.165, 1.54) is 24.3 Å². The zero-order valence-corrected chi connectivity index (χ0v) is 16.1. The molecule has 0 bridgehead atoms. The minimum absolute atomic E-state index is 0.0782. The van der Waals surface area contributed by atoms with E-state index in [2.05, 4.69) is 10.1 Å². The molecular formula is C18H15F2IN2O4. The number of carbonyl (C=O) groups excluding carboxylic acids is 1. The molecule has 1 unspecified atom stereocenters. The molecule has 6 nitrogen and oxygen atoms in total. The monoisotopic (exact) mass is 488 g/mol. The number of nitrogens with one attached hydrogen (secondary N) is 1. The van der Waals surface area contributed by atoms with Crippen LogP contribution in [0.15, 0.2) is 36.4 Å². The molecule has 1 amide bonds. The minimum Gasteiger partial charge on any atom is -0.435 e. The Labute approximate surface area is 167 Å². The number of benzene rings is 2. The number of carbonyl (C=O) groups is 1. The second-order valence-electron chi connectivity index (χ2n) is 6.08. The van der Waals surface area contributed by atoms with Crippen molar-refractivity contribution < 1.29 is 23.2 Å². The number of hydrogen-bond donors (Lipinski definition) is 1. The van der Waals surface area contributed by atoms with Crippen molar-refractivity contribution in [2.24, 2.45) is 0 Å². The van der Waals surface area contributed by atoms with Crippen LogP contribution < -0.4 is 10.1 Å². The normalized spacial score (nSPS) is 15.9. The number of nitro benzene ring substituents is 1. The quantitative estimate of drug-likeness (QED) is 0.379.